The molecule has 2 aliphatic rings. The Kier molecular flexibility index (Phi) is 6.32. The van der Waals surface area contributed by atoms with Crippen LogP contribution in [0.1, 0.15) is 33.6 Å². The maximum Gasteiger partial charge on any atom is 0.334 e. The van der Waals surface area contributed by atoms with E-state index in [2.05, 4.69) is 6.58 Å². The summed E-state index contributed by atoms with van der Waals surface area (Å²) in [5, 5.41) is 10.9. The summed E-state index contributed by atoms with van der Waals surface area (Å²) < 4.78 is 10.7. The van der Waals surface area contributed by atoms with Crippen molar-refractivity contribution in [1.82, 2.24) is 0 Å². The van der Waals surface area contributed by atoms with Crippen LogP contribution in [0, 0.1) is 5.92 Å². The van der Waals surface area contributed by atoms with Gasteiger partial charge in [-0.1, -0.05) is 24.3 Å². The lowest BCUT2D eigenvalue weighted by Crippen LogP contribution is -2.42. The van der Waals surface area contributed by atoms with Crippen molar-refractivity contribution in [2.45, 2.75) is 51.9 Å². The molecule has 140 valence electrons. The number of fused-ring (bicyclic) bond motifs is 1. The molecule has 2 rings (SSSR count). The lowest BCUT2D eigenvalue weighted by atomic mass is 9.84. The molecule has 0 aromatic heterocycles. The highest BCUT2D eigenvalue weighted by Crippen LogP contribution is 2.35. The highest BCUT2D eigenvalue weighted by molar-refractivity contribution is 5.92. The first-order chi connectivity index (χ1) is 12.3. The highest BCUT2D eigenvalue weighted by atomic mass is 16.6. The standard InChI is InChI=1S/C20H24O6/c1-5-12(3)19(23)26-18-14(10-21)8-6-7-11(2)9-15-16(17(18)22)13(4)20(24)25-15/h5,8-10,15-18,22H,4,6-7H2,1-3H3. The predicted octanol–water partition coefficient (Wildman–Crippen LogP) is 2.19. The van der Waals surface area contributed by atoms with Gasteiger partial charge in [0.15, 0.2) is 6.10 Å². The van der Waals surface area contributed by atoms with E-state index in [1.54, 1.807) is 32.1 Å². The van der Waals surface area contributed by atoms with Crippen molar-refractivity contribution in [3.05, 3.63) is 47.1 Å². The largest absolute Gasteiger partial charge is 0.454 e. The third kappa shape index (κ3) is 4.02. The summed E-state index contributed by atoms with van der Waals surface area (Å²) in [6.45, 7) is 8.87. The van der Waals surface area contributed by atoms with E-state index in [1.165, 1.54) is 0 Å². The monoisotopic (exact) mass is 360 g/mol. The summed E-state index contributed by atoms with van der Waals surface area (Å²) in [6, 6.07) is 0. The Morgan fingerprint density at radius 2 is 2.15 bits per heavy atom. The molecule has 0 aromatic rings. The van der Waals surface area contributed by atoms with Crippen LogP contribution in [0.15, 0.2) is 47.1 Å². The van der Waals surface area contributed by atoms with E-state index < -0.39 is 36.2 Å². The molecule has 1 heterocycles. The number of hydrogen-bond acceptors (Lipinski definition) is 6. The number of aldehydes is 1. The Morgan fingerprint density at radius 3 is 2.77 bits per heavy atom. The van der Waals surface area contributed by atoms with Gasteiger partial charge >= 0.3 is 11.9 Å². The lowest BCUT2D eigenvalue weighted by Gasteiger charge is -2.30. The second-order valence-corrected chi connectivity index (χ2v) is 6.58. The summed E-state index contributed by atoms with van der Waals surface area (Å²) in [6.07, 6.45) is 3.50. The first kappa shape index (κ1) is 19.8. The number of allylic oxidation sites excluding steroid dienone is 3. The lowest BCUT2D eigenvalue weighted by molar-refractivity contribution is -0.150. The van der Waals surface area contributed by atoms with Gasteiger partial charge in [-0.3, -0.25) is 4.79 Å². The molecule has 0 spiro atoms. The van der Waals surface area contributed by atoms with Crippen molar-refractivity contribution >= 4 is 18.2 Å². The van der Waals surface area contributed by atoms with Gasteiger partial charge in [0.25, 0.3) is 0 Å². The van der Waals surface area contributed by atoms with Crippen LogP contribution in [0.25, 0.3) is 0 Å². The Bertz CT molecular complexity index is 712. The third-order valence-corrected chi connectivity index (χ3v) is 4.76. The maximum absolute atomic E-state index is 12.2. The summed E-state index contributed by atoms with van der Waals surface area (Å²) in [5.41, 5.74) is 1.58. The Morgan fingerprint density at radius 1 is 1.46 bits per heavy atom. The van der Waals surface area contributed by atoms with Gasteiger partial charge in [-0.15, -0.1) is 0 Å². The van der Waals surface area contributed by atoms with Gasteiger partial charge in [-0.2, -0.15) is 0 Å². The minimum atomic E-state index is -1.34. The third-order valence-electron chi connectivity index (χ3n) is 4.76. The number of ether oxygens (including phenoxy) is 2. The van der Waals surface area contributed by atoms with Crippen molar-refractivity contribution in [2.24, 2.45) is 5.92 Å². The zero-order valence-electron chi connectivity index (χ0n) is 15.2. The Hall–Kier alpha value is -2.47. The molecule has 0 bridgehead atoms. The van der Waals surface area contributed by atoms with Crippen LogP contribution in [0.4, 0.5) is 0 Å². The topological polar surface area (TPSA) is 89.9 Å². The molecule has 0 saturated carbocycles. The van der Waals surface area contributed by atoms with Crippen LogP contribution in [0.5, 0.6) is 0 Å². The fourth-order valence-electron chi connectivity index (χ4n) is 3.06. The molecule has 4 unspecified atom stereocenters. The quantitative estimate of drug-likeness (QED) is 0.359. The second kappa shape index (κ2) is 8.27. The van der Waals surface area contributed by atoms with E-state index in [-0.39, 0.29) is 11.1 Å². The number of carbonyl (C=O) groups excluding carboxylic acids is 3. The molecular formula is C20H24O6. The van der Waals surface area contributed by atoms with Gasteiger partial charge in [0.1, 0.15) is 18.5 Å². The van der Waals surface area contributed by atoms with Gasteiger partial charge in [0.2, 0.25) is 0 Å². The molecule has 1 saturated heterocycles. The summed E-state index contributed by atoms with van der Waals surface area (Å²) in [5.74, 6) is -2.04. The van der Waals surface area contributed by atoms with Gasteiger partial charge in [0, 0.05) is 16.7 Å². The number of rotatable bonds is 3. The average molecular weight is 360 g/mol. The van der Waals surface area contributed by atoms with E-state index in [0.29, 0.717) is 24.7 Å². The Balaban J connectivity index is 2.47. The summed E-state index contributed by atoms with van der Waals surface area (Å²) >= 11 is 0. The highest BCUT2D eigenvalue weighted by Gasteiger charge is 2.46. The van der Waals surface area contributed by atoms with E-state index in [1.807, 2.05) is 6.92 Å². The first-order valence-electron chi connectivity index (χ1n) is 8.54. The number of aliphatic hydroxyl groups is 1. The molecule has 1 fully saturated rings. The van der Waals surface area contributed by atoms with Crippen molar-refractivity contribution in [2.75, 3.05) is 0 Å². The molecule has 6 nitrogen and oxygen atoms in total. The van der Waals surface area contributed by atoms with Crippen molar-refractivity contribution in [1.29, 1.82) is 0 Å². The molecule has 0 aromatic carbocycles. The van der Waals surface area contributed by atoms with Gasteiger partial charge < -0.3 is 14.6 Å². The molecule has 6 heteroatoms. The molecule has 26 heavy (non-hydrogen) atoms. The summed E-state index contributed by atoms with van der Waals surface area (Å²) in [4.78, 5) is 35.8. The zero-order valence-corrected chi connectivity index (χ0v) is 15.2. The van der Waals surface area contributed by atoms with Crippen molar-refractivity contribution in [3.63, 3.8) is 0 Å². The molecular weight excluding hydrogens is 336 g/mol. The predicted molar refractivity (Wildman–Crippen MR) is 95.0 cm³/mol. The SMILES string of the molecule is C=C1C(=O)OC2C=C(C)CCC=C(C=O)C(OC(=O)C(C)=CC)C(O)C12. The van der Waals surface area contributed by atoms with Crippen LogP contribution < -0.4 is 0 Å². The van der Waals surface area contributed by atoms with Crippen molar-refractivity contribution in [3.8, 4) is 0 Å². The molecule has 0 amide bonds. The van der Waals surface area contributed by atoms with Crippen LogP contribution >= 0.6 is 0 Å². The van der Waals surface area contributed by atoms with Crippen LogP contribution in [-0.4, -0.2) is 41.6 Å². The van der Waals surface area contributed by atoms with Gasteiger partial charge in [-0.25, -0.2) is 9.59 Å². The summed E-state index contributed by atoms with van der Waals surface area (Å²) in [7, 11) is 0. The molecule has 4 atom stereocenters. The number of hydrogen-bond donors (Lipinski definition) is 1. The first-order valence-corrected chi connectivity index (χ1v) is 8.54. The Labute approximate surface area is 152 Å². The van der Waals surface area contributed by atoms with E-state index in [9.17, 15) is 19.5 Å². The van der Waals surface area contributed by atoms with E-state index >= 15 is 0 Å². The fraction of sp³-hybridized carbons (Fsp3) is 0.450. The van der Waals surface area contributed by atoms with Crippen LogP contribution in [0.2, 0.25) is 0 Å². The second-order valence-electron chi connectivity index (χ2n) is 6.58. The normalized spacial score (nSPS) is 29.9. The number of carbonyl (C=O) groups is 3. The average Bonchev–Trinajstić information content (AvgIpc) is 2.88. The molecule has 1 N–H and O–H groups in total. The zero-order chi connectivity index (χ0) is 19.4. The smallest absolute Gasteiger partial charge is 0.334 e. The number of aliphatic hydroxyl groups excluding tert-OH is 1. The van der Waals surface area contributed by atoms with Gasteiger partial charge in [0.05, 0.1) is 5.92 Å². The van der Waals surface area contributed by atoms with Gasteiger partial charge in [-0.05, 0) is 39.7 Å². The molecule has 0 radical (unpaired) electrons. The molecule has 1 aliphatic carbocycles. The van der Waals surface area contributed by atoms with Crippen LogP contribution in [0.3, 0.4) is 0 Å². The van der Waals surface area contributed by atoms with Crippen molar-refractivity contribution < 1.29 is 29.0 Å². The maximum atomic E-state index is 12.2. The number of esters is 2. The minimum Gasteiger partial charge on any atom is -0.454 e. The minimum absolute atomic E-state index is 0.0983. The van der Waals surface area contributed by atoms with E-state index in [0.717, 1.165) is 5.57 Å². The van der Waals surface area contributed by atoms with E-state index in [4.69, 9.17) is 9.47 Å². The fourth-order valence-corrected chi connectivity index (χ4v) is 3.06. The van der Waals surface area contributed by atoms with Crippen LogP contribution in [-0.2, 0) is 23.9 Å². The molecule has 1 aliphatic heterocycles.